The summed E-state index contributed by atoms with van der Waals surface area (Å²) in [5.41, 5.74) is 0.899. The molecule has 14 heavy (non-hydrogen) atoms. The zero-order chi connectivity index (χ0) is 9.84. The van der Waals surface area contributed by atoms with E-state index in [0.717, 1.165) is 10.7 Å². The first kappa shape index (κ1) is 13.4. The van der Waals surface area contributed by atoms with E-state index in [0.29, 0.717) is 6.54 Å². The summed E-state index contributed by atoms with van der Waals surface area (Å²) in [5.74, 6) is -0.841. The number of halogens is 1. The van der Waals surface area contributed by atoms with Gasteiger partial charge in [-0.3, -0.25) is 10.1 Å². The SMILES string of the molecule is Cc1nc(CNC(C)C(=O)O)cs1.Cl. The molecule has 0 aliphatic rings. The van der Waals surface area contributed by atoms with Crippen LogP contribution in [-0.2, 0) is 11.3 Å². The van der Waals surface area contributed by atoms with Gasteiger partial charge in [0, 0.05) is 11.9 Å². The largest absolute Gasteiger partial charge is 0.480 e. The van der Waals surface area contributed by atoms with Crippen LogP contribution in [0.3, 0.4) is 0 Å². The Morgan fingerprint density at radius 3 is 2.86 bits per heavy atom. The molecule has 0 aliphatic heterocycles. The number of aryl methyl sites for hydroxylation is 1. The van der Waals surface area contributed by atoms with Crippen LogP contribution in [-0.4, -0.2) is 22.1 Å². The van der Waals surface area contributed by atoms with Crippen molar-refractivity contribution in [3.05, 3.63) is 16.1 Å². The van der Waals surface area contributed by atoms with Crippen molar-refractivity contribution in [3.8, 4) is 0 Å². The third kappa shape index (κ3) is 4.04. The topological polar surface area (TPSA) is 62.2 Å². The van der Waals surface area contributed by atoms with Gasteiger partial charge in [0.1, 0.15) is 6.04 Å². The minimum absolute atomic E-state index is 0. The molecule has 0 aromatic carbocycles. The molecule has 1 atom stereocenters. The first-order chi connectivity index (χ1) is 6.09. The molecule has 1 heterocycles. The predicted molar refractivity (Wildman–Crippen MR) is 58.0 cm³/mol. The van der Waals surface area contributed by atoms with Gasteiger partial charge in [-0.1, -0.05) is 0 Å². The molecule has 0 bridgehead atoms. The number of hydrogen-bond acceptors (Lipinski definition) is 4. The second kappa shape index (κ2) is 5.95. The van der Waals surface area contributed by atoms with Crippen molar-refractivity contribution in [2.24, 2.45) is 0 Å². The Morgan fingerprint density at radius 2 is 2.43 bits per heavy atom. The highest BCUT2D eigenvalue weighted by Crippen LogP contribution is 2.07. The zero-order valence-corrected chi connectivity index (χ0v) is 9.61. The lowest BCUT2D eigenvalue weighted by Crippen LogP contribution is -2.33. The van der Waals surface area contributed by atoms with Gasteiger partial charge in [0.25, 0.3) is 0 Å². The molecule has 0 aliphatic carbocycles. The van der Waals surface area contributed by atoms with Crippen molar-refractivity contribution < 1.29 is 9.90 Å². The van der Waals surface area contributed by atoms with E-state index in [9.17, 15) is 4.79 Å². The first-order valence-corrected chi connectivity index (χ1v) is 4.84. The number of rotatable bonds is 4. The molecule has 4 nitrogen and oxygen atoms in total. The van der Waals surface area contributed by atoms with E-state index < -0.39 is 12.0 Å². The van der Waals surface area contributed by atoms with Crippen LogP contribution in [0.4, 0.5) is 0 Å². The number of thiazole rings is 1. The molecule has 0 saturated carbocycles. The summed E-state index contributed by atoms with van der Waals surface area (Å²) in [6.45, 7) is 4.05. The third-order valence-corrected chi connectivity index (χ3v) is 2.45. The lowest BCUT2D eigenvalue weighted by Gasteiger charge is -2.06. The molecule has 0 radical (unpaired) electrons. The summed E-state index contributed by atoms with van der Waals surface area (Å²) >= 11 is 1.57. The standard InChI is InChI=1S/C8H12N2O2S.ClH/c1-5(8(11)12)9-3-7-4-13-6(2)10-7;/h4-5,9H,3H2,1-2H3,(H,11,12);1H. The summed E-state index contributed by atoms with van der Waals surface area (Å²) in [7, 11) is 0. The van der Waals surface area contributed by atoms with Gasteiger partial charge in [-0.15, -0.1) is 23.7 Å². The smallest absolute Gasteiger partial charge is 0.320 e. The normalized spacial score (nSPS) is 11.9. The monoisotopic (exact) mass is 236 g/mol. The van der Waals surface area contributed by atoms with Gasteiger partial charge in [0.2, 0.25) is 0 Å². The Balaban J connectivity index is 0.00000169. The van der Waals surface area contributed by atoms with Crippen molar-refractivity contribution in [3.63, 3.8) is 0 Å². The van der Waals surface area contributed by atoms with Gasteiger partial charge in [-0.2, -0.15) is 0 Å². The van der Waals surface area contributed by atoms with Crippen LogP contribution in [0.1, 0.15) is 17.6 Å². The number of carboxylic acid groups (broad SMARTS) is 1. The molecule has 2 N–H and O–H groups in total. The highest BCUT2D eigenvalue weighted by molar-refractivity contribution is 7.09. The van der Waals surface area contributed by atoms with Gasteiger partial charge < -0.3 is 5.11 Å². The van der Waals surface area contributed by atoms with E-state index >= 15 is 0 Å². The number of aliphatic carboxylic acids is 1. The Hall–Kier alpha value is -0.650. The summed E-state index contributed by atoms with van der Waals surface area (Å²) in [4.78, 5) is 14.7. The van der Waals surface area contributed by atoms with Gasteiger partial charge in [-0.25, -0.2) is 4.98 Å². The second-order valence-corrected chi connectivity index (χ2v) is 3.86. The maximum atomic E-state index is 10.4. The summed E-state index contributed by atoms with van der Waals surface area (Å²) < 4.78 is 0. The number of carbonyl (C=O) groups is 1. The minimum atomic E-state index is -0.841. The lowest BCUT2D eigenvalue weighted by molar-refractivity contribution is -0.139. The maximum absolute atomic E-state index is 10.4. The molecule has 1 rings (SSSR count). The van der Waals surface area contributed by atoms with E-state index in [4.69, 9.17) is 5.11 Å². The van der Waals surface area contributed by atoms with Crippen molar-refractivity contribution in [1.29, 1.82) is 0 Å². The fourth-order valence-corrected chi connectivity index (χ4v) is 1.45. The van der Waals surface area contributed by atoms with Gasteiger partial charge in [0.15, 0.2) is 0 Å². The second-order valence-electron chi connectivity index (χ2n) is 2.80. The highest BCUT2D eigenvalue weighted by Gasteiger charge is 2.09. The van der Waals surface area contributed by atoms with Crippen LogP contribution in [0.25, 0.3) is 0 Å². The Kier molecular flexibility index (Phi) is 5.68. The van der Waals surface area contributed by atoms with Crippen molar-refractivity contribution in [2.45, 2.75) is 26.4 Å². The Morgan fingerprint density at radius 1 is 1.79 bits per heavy atom. The Bertz CT molecular complexity index is 303. The van der Waals surface area contributed by atoms with E-state index in [-0.39, 0.29) is 12.4 Å². The highest BCUT2D eigenvalue weighted by atomic mass is 35.5. The fourth-order valence-electron chi connectivity index (χ4n) is 0.834. The lowest BCUT2D eigenvalue weighted by atomic mass is 10.3. The molecular weight excluding hydrogens is 224 g/mol. The van der Waals surface area contributed by atoms with Crippen LogP contribution in [0.2, 0.25) is 0 Å². The van der Waals surface area contributed by atoms with Gasteiger partial charge in [0.05, 0.1) is 10.7 Å². The molecule has 0 saturated heterocycles. The molecule has 1 unspecified atom stereocenters. The molecule has 0 fully saturated rings. The number of nitrogens with zero attached hydrogens (tertiary/aromatic N) is 1. The van der Waals surface area contributed by atoms with E-state index in [2.05, 4.69) is 10.3 Å². The Labute approximate surface area is 92.8 Å². The fraction of sp³-hybridized carbons (Fsp3) is 0.500. The van der Waals surface area contributed by atoms with Crippen molar-refractivity contribution in [2.75, 3.05) is 0 Å². The number of aromatic nitrogens is 1. The van der Waals surface area contributed by atoms with Crippen LogP contribution in [0, 0.1) is 6.92 Å². The molecule has 1 aromatic heterocycles. The van der Waals surface area contributed by atoms with E-state index in [1.165, 1.54) is 0 Å². The average molecular weight is 237 g/mol. The van der Waals surface area contributed by atoms with E-state index in [1.807, 2.05) is 12.3 Å². The molecular formula is C8H13ClN2O2S. The van der Waals surface area contributed by atoms with Crippen LogP contribution in [0.5, 0.6) is 0 Å². The summed E-state index contributed by atoms with van der Waals surface area (Å²) in [6.07, 6.45) is 0. The molecule has 1 aromatic rings. The summed E-state index contributed by atoms with van der Waals surface area (Å²) in [5, 5.41) is 14.4. The number of nitrogens with one attached hydrogen (secondary N) is 1. The first-order valence-electron chi connectivity index (χ1n) is 3.97. The van der Waals surface area contributed by atoms with Crippen molar-refractivity contribution in [1.82, 2.24) is 10.3 Å². The third-order valence-electron chi connectivity index (χ3n) is 1.63. The van der Waals surface area contributed by atoms with Crippen LogP contribution >= 0.6 is 23.7 Å². The zero-order valence-electron chi connectivity index (χ0n) is 7.98. The molecule has 6 heteroatoms. The minimum Gasteiger partial charge on any atom is -0.480 e. The summed E-state index contributed by atoms with van der Waals surface area (Å²) in [6, 6.07) is -0.526. The molecule has 80 valence electrons. The van der Waals surface area contributed by atoms with Crippen LogP contribution in [0.15, 0.2) is 5.38 Å². The average Bonchev–Trinajstić information content (AvgIpc) is 2.47. The molecule has 0 spiro atoms. The number of carboxylic acids is 1. The quantitative estimate of drug-likeness (QED) is 0.831. The van der Waals surface area contributed by atoms with Gasteiger partial charge in [-0.05, 0) is 13.8 Å². The molecule has 0 amide bonds. The van der Waals surface area contributed by atoms with E-state index in [1.54, 1.807) is 18.3 Å². The van der Waals surface area contributed by atoms with Crippen LogP contribution < -0.4 is 5.32 Å². The predicted octanol–water partition coefficient (Wildman–Crippen LogP) is 1.44. The van der Waals surface area contributed by atoms with Crippen molar-refractivity contribution >= 4 is 29.7 Å². The maximum Gasteiger partial charge on any atom is 0.320 e. The number of hydrogen-bond donors (Lipinski definition) is 2. The van der Waals surface area contributed by atoms with Gasteiger partial charge >= 0.3 is 5.97 Å².